The first kappa shape index (κ1) is 19.4. The first-order valence-corrected chi connectivity index (χ1v) is 8.14. The first-order chi connectivity index (χ1) is 11.5. The third-order valence-corrected chi connectivity index (χ3v) is 3.91. The molecule has 1 aliphatic heterocycles. The van der Waals surface area contributed by atoms with Gasteiger partial charge < -0.3 is 53.6 Å². The summed E-state index contributed by atoms with van der Waals surface area (Å²) in [6.45, 7) is -0.930. The lowest BCUT2D eigenvalue weighted by Crippen LogP contribution is -2.53. The Bertz CT molecular complexity index is 732. The predicted molar refractivity (Wildman–Crippen MR) is 64.8 cm³/mol. The molecule has 1 fully saturated rings. The molecule has 2 N–H and O–H groups in total. The minimum Gasteiger partial charge on any atom is -0.790 e. The molecule has 0 saturated carbocycles. The Balaban J connectivity index is 2.36. The Morgan fingerprint density at radius 1 is 1.24 bits per heavy atom. The fourth-order valence-corrected chi connectivity index (χ4v) is 2.71. The maximum absolute atomic E-state index is 11.3. The molecule has 4 atom stereocenters. The minimum atomic E-state index is -5.37. The number of aliphatic hydroxyl groups is 2. The number of carbonyl (C=O) groups excluding carboxylic acids is 2. The fourth-order valence-electron chi connectivity index (χ4n) is 2.38. The highest BCUT2D eigenvalue weighted by Crippen LogP contribution is 2.31. The van der Waals surface area contributed by atoms with Gasteiger partial charge in [0.2, 0.25) is 5.69 Å². The van der Waals surface area contributed by atoms with Crippen molar-refractivity contribution in [3.63, 3.8) is 0 Å². The van der Waals surface area contributed by atoms with Crippen molar-refractivity contribution in [2.24, 2.45) is 0 Å². The van der Waals surface area contributed by atoms with Crippen LogP contribution in [0.25, 0.3) is 0 Å². The molecule has 0 spiro atoms. The lowest BCUT2D eigenvalue weighted by atomic mass is 10.1. The molecule has 1 aromatic rings. The molecule has 1 aliphatic rings. The Morgan fingerprint density at radius 3 is 2.40 bits per heavy atom. The molecule has 0 aliphatic carbocycles. The second-order valence-electron chi connectivity index (χ2n) is 5.04. The monoisotopic (exact) mass is 376 g/mol. The maximum atomic E-state index is 11.3. The van der Waals surface area contributed by atoms with E-state index < -0.39 is 62.2 Å². The number of phosphoric ester groups is 1. The van der Waals surface area contributed by atoms with E-state index in [0.717, 1.165) is 18.3 Å². The molecule has 13 heteroatoms. The second kappa shape index (κ2) is 7.14. The summed E-state index contributed by atoms with van der Waals surface area (Å²) in [5.41, 5.74) is -1.67. The Kier molecular flexibility index (Phi) is 5.54. The standard InChI is InChI=1S/C12H14NO11P/c14-8-6(4-23-25(20,21)22)24-10(9(8)15)13-3-1-2-5(11(16)17)7(13)12(18)19/h1-3,6,8-10,14-15H,4H2,(H3-,16,17,18,19,20,21,22)/p-3. The average molecular weight is 376 g/mol. The van der Waals surface area contributed by atoms with E-state index in [2.05, 4.69) is 4.52 Å². The summed E-state index contributed by atoms with van der Waals surface area (Å²) in [6, 6.07) is 2.04. The Hall–Kier alpha value is -1.92. The van der Waals surface area contributed by atoms with Crippen LogP contribution in [0.5, 0.6) is 0 Å². The maximum Gasteiger partial charge on any atom is 0.292 e. The summed E-state index contributed by atoms with van der Waals surface area (Å²) >= 11 is 0. The van der Waals surface area contributed by atoms with Crippen molar-refractivity contribution in [2.45, 2.75) is 24.5 Å². The number of phosphoric acid groups is 1. The summed E-state index contributed by atoms with van der Waals surface area (Å²) in [4.78, 5) is 43.2. The van der Waals surface area contributed by atoms with Gasteiger partial charge in [-0.25, -0.2) is 0 Å². The quantitative estimate of drug-likeness (QED) is 0.353. The molecule has 138 valence electrons. The van der Waals surface area contributed by atoms with Crippen molar-refractivity contribution in [3.05, 3.63) is 29.6 Å². The number of carboxylic acids is 2. The molecule has 0 aromatic carbocycles. The van der Waals surface area contributed by atoms with Crippen LogP contribution >= 0.6 is 7.82 Å². The van der Waals surface area contributed by atoms with Gasteiger partial charge in [0.25, 0.3) is 6.23 Å². The van der Waals surface area contributed by atoms with E-state index in [1.165, 1.54) is 0 Å². The highest BCUT2D eigenvalue weighted by atomic mass is 31.2. The zero-order valence-corrected chi connectivity index (χ0v) is 13.1. The molecule has 1 saturated heterocycles. The van der Waals surface area contributed by atoms with Crippen molar-refractivity contribution in [1.29, 1.82) is 0 Å². The molecule has 1 aromatic heterocycles. The van der Waals surface area contributed by atoms with Gasteiger partial charge in [-0.3, -0.25) is 0 Å². The molecule has 2 heterocycles. The van der Waals surface area contributed by atoms with Crippen molar-refractivity contribution in [2.75, 3.05) is 6.61 Å². The summed E-state index contributed by atoms with van der Waals surface area (Å²) in [5, 5.41) is 42.1. The number of aromatic nitrogens is 1. The number of nitrogens with zero attached hydrogens (tertiary/aromatic N) is 1. The molecule has 0 bridgehead atoms. The molecular weight excluding hydrogens is 365 g/mol. The summed E-state index contributed by atoms with van der Waals surface area (Å²) in [6.07, 6.45) is -5.61. The van der Waals surface area contributed by atoms with E-state index in [1.807, 2.05) is 0 Å². The lowest BCUT2D eigenvalue weighted by molar-refractivity contribution is -0.768. The largest absolute Gasteiger partial charge is 0.790 e. The fraction of sp³-hybridized carbons (Fsp3) is 0.417. The minimum absolute atomic E-state index is 0.669. The number of pyridine rings is 1. The number of hydrogen-bond donors (Lipinski definition) is 2. The van der Waals surface area contributed by atoms with Crippen molar-refractivity contribution in [1.82, 2.24) is 0 Å². The predicted octanol–water partition coefficient (Wildman–Crippen LogP) is -5.83. The highest BCUT2D eigenvalue weighted by molar-refractivity contribution is 7.43. The van der Waals surface area contributed by atoms with Gasteiger partial charge in [0.1, 0.15) is 18.2 Å². The van der Waals surface area contributed by atoms with Gasteiger partial charge in [0, 0.05) is 6.07 Å². The van der Waals surface area contributed by atoms with Gasteiger partial charge in [-0.15, -0.1) is 0 Å². The number of aromatic carboxylic acids is 2. The Labute approximate surface area is 139 Å². The number of aliphatic hydroxyl groups excluding tert-OH is 2. The SMILES string of the molecule is O=C([O-])c1ccc[n+](C2OC(COP(=O)([O-])[O-])C(O)C2O)c1C(=O)[O-]. The van der Waals surface area contributed by atoms with Crippen LogP contribution < -0.4 is 24.6 Å². The molecule has 25 heavy (non-hydrogen) atoms. The van der Waals surface area contributed by atoms with E-state index in [9.17, 15) is 44.4 Å². The zero-order chi connectivity index (χ0) is 18.9. The van der Waals surface area contributed by atoms with E-state index in [0.29, 0.717) is 4.57 Å². The van der Waals surface area contributed by atoms with Crippen LogP contribution in [0.1, 0.15) is 27.1 Å². The van der Waals surface area contributed by atoms with E-state index in [-0.39, 0.29) is 0 Å². The smallest absolute Gasteiger partial charge is 0.292 e. The highest BCUT2D eigenvalue weighted by Gasteiger charge is 2.49. The zero-order valence-electron chi connectivity index (χ0n) is 12.2. The second-order valence-corrected chi connectivity index (χ2v) is 6.19. The topological polar surface area (TPSA) is 206 Å². The van der Waals surface area contributed by atoms with Crippen LogP contribution in [-0.2, 0) is 13.8 Å². The van der Waals surface area contributed by atoms with E-state index >= 15 is 0 Å². The molecule has 12 nitrogen and oxygen atoms in total. The lowest BCUT2D eigenvalue weighted by Gasteiger charge is -2.30. The van der Waals surface area contributed by atoms with Gasteiger partial charge >= 0.3 is 0 Å². The molecule has 4 unspecified atom stereocenters. The third kappa shape index (κ3) is 4.19. The van der Waals surface area contributed by atoms with Crippen LogP contribution in [0.2, 0.25) is 0 Å². The number of carbonyl (C=O) groups is 2. The van der Waals surface area contributed by atoms with Crippen LogP contribution in [0.15, 0.2) is 18.3 Å². The summed E-state index contributed by atoms with van der Waals surface area (Å²) in [5.74, 6) is -3.76. The molecule has 2 rings (SSSR count). The molecular formula is C12H11NO11P-3. The van der Waals surface area contributed by atoms with Gasteiger partial charge in [-0.05, 0) is 6.07 Å². The average Bonchev–Trinajstić information content (AvgIpc) is 2.79. The van der Waals surface area contributed by atoms with Gasteiger partial charge in [-0.2, -0.15) is 4.57 Å². The van der Waals surface area contributed by atoms with Crippen molar-refractivity contribution >= 4 is 19.8 Å². The van der Waals surface area contributed by atoms with Gasteiger partial charge in [0.05, 0.1) is 26.0 Å². The van der Waals surface area contributed by atoms with Gasteiger partial charge in [-0.1, -0.05) is 0 Å². The number of carboxylic acid groups (broad SMARTS) is 2. The van der Waals surface area contributed by atoms with E-state index in [4.69, 9.17) is 4.74 Å². The van der Waals surface area contributed by atoms with Crippen LogP contribution in [0.3, 0.4) is 0 Å². The molecule has 0 amide bonds. The molecule has 0 radical (unpaired) electrons. The normalized spacial score (nSPS) is 26.6. The number of ether oxygens (including phenoxy) is 1. The van der Waals surface area contributed by atoms with Crippen LogP contribution in [0, 0.1) is 0 Å². The first-order valence-electron chi connectivity index (χ1n) is 6.68. The third-order valence-electron chi connectivity index (χ3n) is 3.44. The van der Waals surface area contributed by atoms with Crippen molar-refractivity contribution < 1.29 is 58.2 Å². The number of rotatable bonds is 6. The Morgan fingerprint density at radius 2 is 1.88 bits per heavy atom. The summed E-state index contributed by atoms with van der Waals surface area (Å²) < 4.78 is 20.2. The summed E-state index contributed by atoms with van der Waals surface area (Å²) in [7, 11) is -5.37. The van der Waals surface area contributed by atoms with Crippen molar-refractivity contribution in [3.8, 4) is 0 Å². The van der Waals surface area contributed by atoms with Crippen LogP contribution in [-0.4, -0.2) is 47.1 Å². The van der Waals surface area contributed by atoms with Gasteiger partial charge in [0.15, 0.2) is 12.3 Å². The van der Waals surface area contributed by atoms with E-state index in [1.54, 1.807) is 0 Å². The number of hydrogen-bond acceptors (Lipinski definition) is 11. The van der Waals surface area contributed by atoms with Crippen LogP contribution in [0.4, 0.5) is 0 Å².